The second-order valence-electron chi connectivity index (χ2n) is 6.10. The van der Waals surface area contributed by atoms with Gasteiger partial charge in [0.2, 0.25) is 5.75 Å². The van der Waals surface area contributed by atoms with Gasteiger partial charge in [0.15, 0.2) is 18.1 Å². The molecule has 0 aliphatic carbocycles. The molecule has 0 radical (unpaired) electrons. The van der Waals surface area contributed by atoms with E-state index < -0.39 is 18.5 Å². The Hall–Kier alpha value is -3.74. The molecule has 0 aliphatic heterocycles. The molecule has 3 aromatic carbocycles. The number of nitrogens with one attached hydrogen (secondary N) is 1. The van der Waals surface area contributed by atoms with Crippen molar-refractivity contribution in [1.82, 2.24) is 0 Å². The molecule has 3 aromatic rings. The molecule has 0 unspecified atom stereocenters. The largest absolute Gasteiger partial charge is 0.493 e. The first-order valence-corrected chi connectivity index (χ1v) is 8.81. The molecule has 0 fully saturated rings. The molecule has 0 bridgehead atoms. The van der Waals surface area contributed by atoms with E-state index in [4.69, 9.17) is 18.9 Å². The van der Waals surface area contributed by atoms with Crippen molar-refractivity contribution in [2.75, 3.05) is 33.3 Å². The third kappa shape index (κ3) is 4.57. The van der Waals surface area contributed by atoms with Crippen molar-refractivity contribution in [1.29, 1.82) is 0 Å². The van der Waals surface area contributed by atoms with E-state index in [1.165, 1.54) is 21.3 Å². The monoisotopic (exact) mass is 395 g/mol. The van der Waals surface area contributed by atoms with Crippen LogP contribution in [0.15, 0.2) is 54.6 Å². The smallest absolute Gasteiger partial charge is 0.338 e. The highest BCUT2D eigenvalue weighted by Gasteiger charge is 2.16. The number of carbonyl (C=O) groups is 2. The molecule has 0 spiro atoms. The molecule has 0 saturated carbocycles. The Morgan fingerprint density at radius 1 is 0.828 bits per heavy atom. The SMILES string of the molecule is COc1cc(NC(=O)COC(=O)c2ccc3ccccc3c2)cc(OC)c1OC. The van der Waals surface area contributed by atoms with Gasteiger partial charge in [0.05, 0.1) is 26.9 Å². The van der Waals surface area contributed by atoms with E-state index in [1.807, 2.05) is 30.3 Å². The highest BCUT2D eigenvalue weighted by atomic mass is 16.5. The third-order valence-electron chi connectivity index (χ3n) is 4.27. The van der Waals surface area contributed by atoms with Crippen LogP contribution in [0.2, 0.25) is 0 Å². The zero-order chi connectivity index (χ0) is 20.8. The Morgan fingerprint density at radius 3 is 2.10 bits per heavy atom. The van der Waals surface area contributed by atoms with Crippen molar-refractivity contribution in [3.8, 4) is 17.2 Å². The molecular formula is C22H21NO6. The van der Waals surface area contributed by atoms with Gasteiger partial charge in [-0.15, -0.1) is 0 Å². The second-order valence-corrected chi connectivity index (χ2v) is 6.10. The van der Waals surface area contributed by atoms with Gasteiger partial charge >= 0.3 is 5.97 Å². The maximum Gasteiger partial charge on any atom is 0.338 e. The van der Waals surface area contributed by atoms with Crippen LogP contribution in [0.25, 0.3) is 10.8 Å². The van der Waals surface area contributed by atoms with Crippen molar-refractivity contribution < 1.29 is 28.5 Å². The molecular weight excluding hydrogens is 374 g/mol. The summed E-state index contributed by atoms with van der Waals surface area (Å²) in [6, 6.07) is 16.1. The average Bonchev–Trinajstić information content (AvgIpc) is 2.76. The predicted octanol–water partition coefficient (Wildman–Crippen LogP) is 3.66. The summed E-state index contributed by atoms with van der Waals surface area (Å²) in [7, 11) is 4.45. The number of fused-ring (bicyclic) bond motifs is 1. The molecule has 29 heavy (non-hydrogen) atoms. The van der Waals surface area contributed by atoms with Crippen LogP contribution in [-0.2, 0) is 9.53 Å². The van der Waals surface area contributed by atoms with Crippen LogP contribution in [0.3, 0.4) is 0 Å². The van der Waals surface area contributed by atoms with Gasteiger partial charge in [-0.1, -0.05) is 30.3 Å². The number of esters is 1. The lowest BCUT2D eigenvalue weighted by Crippen LogP contribution is -2.21. The Morgan fingerprint density at radius 2 is 1.48 bits per heavy atom. The van der Waals surface area contributed by atoms with Crippen molar-refractivity contribution in [3.63, 3.8) is 0 Å². The molecule has 0 heterocycles. The van der Waals surface area contributed by atoms with E-state index in [0.29, 0.717) is 28.5 Å². The molecule has 0 saturated heterocycles. The van der Waals surface area contributed by atoms with Gasteiger partial charge in [0.1, 0.15) is 0 Å². The highest BCUT2D eigenvalue weighted by Crippen LogP contribution is 2.39. The first kappa shape index (κ1) is 20.0. The second kappa shape index (κ2) is 8.97. The third-order valence-corrected chi connectivity index (χ3v) is 4.27. The fourth-order valence-corrected chi connectivity index (χ4v) is 2.88. The van der Waals surface area contributed by atoms with Gasteiger partial charge < -0.3 is 24.3 Å². The van der Waals surface area contributed by atoms with E-state index in [0.717, 1.165) is 10.8 Å². The lowest BCUT2D eigenvalue weighted by atomic mass is 10.1. The van der Waals surface area contributed by atoms with Crippen molar-refractivity contribution >= 4 is 28.3 Å². The van der Waals surface area contributed by atoms with E-state index in [9.17, 15) is 9.59 Å². The molecule has 150 valence electrons. The zero-order valence-corrected chi connectivity index (χ0v) is 16.4. The van der Waals surface area contributed by atoms with Crippen LogP contribution in [0.5, 0.6) is 17.2 Å². The quantitative estimate of drug-likeness (QED) is 0.615. The van der Waals surface area contributed by atoms with Crippen LogP contribution in [-0.4, -0.2) is 39.8 Å². The lowest BCUT2D eigenvalue weighted by Gasteiger charge is -2.14. The van der Waals surface area contributed by atoms with Crippen LogP contribution in [0, 0.1) is 0 Å². The molecule has 0 aromatic heterocycles. The Kier molecular flexibility index (Phi) is 6.19. The number of carbonyl (C=O) groups excluding carboxylic acids is 2. The van der Waals surface area contributed by atoms with E-state index in [-0.39, 0.29) is 0 Å². The summed E-state index contributed by atoms with van der Waals surface area (Å²) in [5.74, 6) is 0.144. The van der Waals surface area contributed by atoms with E-state index >= 15 is 0 Å². The van der Waals surface area contributed by atoms with Crippen LogP contribution >= 0.6 is 0 Å². The standard InChI is InChI=1S/C22H21NO6/c1-26-18-11-17(12-19(27-2)21(18)28-3)23-20(24)13-29-22(25)16-9-8-14-6-4-5-7-15(14)10-16/h4-12H,13H2,1-3H3,(H,23,24). The molecule has 7 nitrogen and oxygen atoms in total. The Balaban J connectivity index is 1.65. The molecule has 1 N–H and O–H groups in total. The minimum absolute atomic E-state index is 0.379. The number of hydrogen-bond acceptors (Lipinski definition) is 6. The summed E-state index contributed by atoms with van der Waals surface area (Å²) in [5.41, 5.74) is 0.801. The van der Waals surface area contributed by atoms with Crippen molar-refractivity contribution in [2.24, 2.45) is 0 Å². The summed E-state index contributed by atoms with van der Waals surface area (Å²) in [4.78, 5) is 24.5. The van der Waals surface area contributed by atoms with Crippen molar-refractivity contribution in [2.45, 2.75) is 0 Å². The molecule has 3 rings (SSSR count). The maximum atomic E-state index is 12.3. The van der Waals surface area contributed by atoms with Crippen LogP contribution < -0.4 is 19.5 Å². The number of anilines is 1. The van der Waals surface area contributed by atoms with Crippen LogP contribution in [0.1, 0.15) is 10.4 Å². The predicted molar refractivity (Wildman–Crippen MR) is 109 cm³/mol. The summed E-state index contributed by atoms with van der Waals surface area (Å²) in [6.45, 7) is -0.428. The number of amides is 1. The maximum absolute atomic E-state index is 12.3. The summed E-state index contributed by atoms with van der Waals surface area (Å²) in [5, 5.41) is 4.59. The van der Waals surface area contributed by atoms with Gasteiger partial charge in [-0.3, -0.25) is 4.79 Å². The zero-order valence-electron chi connectivity index (χ0n) is 16.4. The van der Waals surface area contributed by atoms with E-state index in [2.05, 4.69) is 5.32 Å². The Bertz CT molecular complexity index is 1020. The topological polar surface area (TPSA) is 83.1 Å². The van der Waals surface area contributed by atoms with Gasteiger partial charge in [-0.2, -0.15) is 0 Å². The summed E-state index contributed by atoms with van der Waals surface area (Å²) in [6.07, 6.45) is 0. The molecule has 0 atom stereocenters. The normalized spacial score (nSPS) is 10.3. The number of methoxy groups -OCH3 is 3. The fraction of sp³-hybridized carbons (Fsp3) is 0.182. The molecule has 1 amide bonds. The van der Waals surface area contributed by atoms with Gasteiger partial charge in [-0.05, 0) is 22.9 Å². The van der Waals surface area contributed by atoms with Crippen molar-refractivity contribution in [3.05, 3.63) is 60.2 Å². The summed E-state index contributed by atoms with van der Waals surface area (Å²) >= 11 is 0. The van der Waals surface area contributed by atoms with Gasteiger partial charge in [-0.25, -0.2) is 4.79 Å². The first-order valence-electron chi connectivity index (χ1n) is 8.81. The molecule has 0 aliphatic rings. The fourth-order valence-electron chi connectivity index (χ4n) is 2.88. The van der Waals surface area contributed by atoms with Gasteiger partial charge in [0.25, 0.3) is 5.91 Å². The average molecular weight is 395 g/mol. The summed E-state index contributed by atoms with van der Waals surface area (Å²) < 4.78 is 20.9. The molecule has 7 heteroatoms. The van der Waals surface area contributed by atoms with E-state index in [1.54, 1.807) is 24.3 Å². The number of ether oxygens (including phenoxy) is 4. The number of benzene rings is 3. The van der Waals surface area contributed by atoms with Crippen LogP contribution in [0.4, 0.5) is 5.69 Å². The Labute approximate surface area is 168 Å². The first-order chi connectivity index (χ1) is 14.0. The lowest BCUT2D eigenvalue weighted by molar-refractivity contribution is -0.119. The minimum atomic E-state index is -0.573. The number of hydrogen-bond donors (Lipinski definition) is 1. The highest BCUT2D eigenvalue weighted by molar-refractivity contribution is 5.98. The number of rotatable bonds is 7. The minimum Gasteiger partial charge on any atom is -0.493 e. The van der Waals surface area contributed by atoms with Gasteiger partial charge in [0, 0.05) is 17.8 Å².